The van der Waals surface area contributed by atoms with Crippen LogP contribution >= 0.6 is 0 Å². The Labute approximate surface area is 163 Å². The van der Waals surface area contributed by atoms with Gasteiger partial charge >= 0.3 is 0 Å². The molecule has 7 nitrogen and oxygen atoms in total. The lowest BCUT2D eigenvalue weighted by Crippen LogP contribution is -2.59. The third-order valence-corrected chi connectivity index (χ3v) is 5.47. The number of hydrogen-bond acceptors (Lipinski definition) is 5. The average Bonchev–Trinajstić information content (AvgIpc) is 3.01. The number of aromatic hydroxyl groups is 1. The first-order valence-electron chi connectivity index (χ1n) is 9.46. The van der Waals surface area contributed by atoms with Crippen LogP contribution in [0, 0.1) is 13.8 Å². The van der Waals surface area contributed by atoms with E-state index in [9.17, 15) is 9.90 Å². The van der Waals surface area contributed by atoms with Gasteiger partial charge in [-0.15, -0.1) is 0 Å². The zero-order chi connectivity index (χ0) is 20.1. The third-order valence-electron chi connectivity index (χ3n) is 5.47. The van der Waals surface area contributed by atoms with Crippen molar-refractivity contribution in [1.82, 2.24) is 25.4 Å². The number of phenolic OH excluding ortho intramolecular Hbond substituents is 1. The van der Waals surface area contributed by atoms with E-state index in [1.165, 1.54) is 0 Å². The smallest absolute Gasteiger partial charge is 0.255 e. The summed E-state index contributed by atoms with van der Waals surface area (Å²) in [5.74, 6) is 0.194. The molecular formula is C21H25N5O2. The first-order chi connectivity index (χ1) is 13.3. The number of carbonyl (C=O) groups excluding carboxylic acids is 1. The van der Waals surface area contributed by atoms with Gasteiger partial charge in [0, 0.05) is 25.2 Å². The number of fused-ring (bicyclic) bond motifs is 1. The van der Waals surface area contributed by atoms with E-state index >= 15 is 0 Å². The maximum atomic E-state index is 13.6. The summed E-state index contributed by atoms with van der Waals surface area (Å²) in [4.78, 5) is 20.2. The molecule has 2 aromatic heterocycles. The van der Waals surface area contributed by atoms with Crippen LogP contribution in [0.4, 0.5) is 0 Å². The highest BCUT2D eigenvalue weighted by Crippen LogP contribution is 2.31. The molecule has 1 fully saturated rings. The SMILES string of the molecule is Cc1cc(O)ccc1-c1cc(C(=O)N2CCNCC2(C)C)c2c(C)n[nH]c2n1. The zero-order valence-electron chi connectivity index (χ0n) is 16.6. The van der Waals surface area contributed by atoms with E-state index in [-0.39, 0.29) is 17.2 Å². The first-order valence-corrected chi connectivity index (χ1v) is 9.46. The molecule has 1 amide bonds. The molecule has 7 heteroatoms. The van der Waals surface area contributed by atoms with Crippen LogP contribution in [0.5, 0.6) is 5.75 Å². The number of benzene rings is 1. The van der Waals surface area contributed by atoms with Crippen LogP contribution in [0.15, 0.2) is 24.3 Å². The van der Waals surface area contributed by atoms with Crippen molar-refractivity contribution in [1.29, 1.82) is 0 Å². The van der Waals surface area contributed by atoms with Gasteiger partial charge < -0.3 is 15.3 Å². The predicted octanol–water partition coefficient (Wildman–Crippen LogP) is 2.77. The van der Waals surface area contributed by atoms with Crippen LogP contribution in [-0.4, -0.2) is 56.3 Å². The molecule has 4 rings (SSSR count). The quantitative estimate of drug-likeness (QED) is 0.637. The maximum absolute atomic E-state index is 13.6. The molecule has 1 aliphatic heterocycles. The molecule has 1 aromatic carbocycles. The molecule has 1 aliphatic rings. The highest BCUT2D eigenvalue weighted by atomic mass is 16.3. The molecule has 3 N–H and O–H groups in total. The molecule has 146 valence electrons. The number of H-pyrrole nitrogens is 1. The average molecular weight is 379 g/mol. The normalized spacial score (nSPS) is 16.5. The van der Waals surface area contributed by atoms with Gasteiger partial charge in [-0.25, -0.2) is 4.98 Å². The van der Waals surface area contributed by atoms with Gasteiger partial charge in [-0.05, 0) is 57.5 Å². The molecule has 3 heterocycles. The molecule has 3 aromatic rings. The lowest BCUT2D eigenvalue weighted by atomic mass is 9.96. The van der Waals surface area contributed by atoms with Crippen molar-refractivity contribution in [3.8, 4) is 17.0 Å². The van der Waals surface area contributed by atoms with Gasteiger partial charge in [0.05, 0.1) is 27.9 Å². The Morgan fingerprint density at radius 1 is 1.25 bits per heavy atom. The highest BCUT2D eigenvalue weighted by molar-refractivity contribution is 6.07. The van der Waals surface area contributed by atoms with Crippen molar-refractivity contribution in [2.24, 2.45) is 0 Å². The standard InChI is InChI=1S/C21H25N5O2/c1-12-9-14(27)5-6-15(12)17-10-16(18-13(2)24-25-19(18)23-17)20(28)26-8-7-22-11-21(26,3)4/h5-6,9-10,22,27H,7-8,11H2,1-4H3,(H,23,24,25). The second kappa shape index (κ2) is 6.60. The van der Waals surface area contributed by atoms with E-state index in [1.54, 1.807) is 12.1 Å². The number of aromatic nitrogens is 3. The van der Waals surface area contributed by atoms with Crippen molar-refractivity contribution in [3.05, 3.63) is 41.1 Å². The van der Waals surface area contributed by atoms with Crippen LogP contribution in [0.2, 0.25) is 0 Å². The van der Waals surface area contributed by atoms with E-state index < -0.39 is 0 Å². The maximum Gasteiger partial charge on any atom is 0.255 e. The summed E-state index contributed by atoms with van der Waals surface area (Å²) in [6.45, 7) is 10.1. The second-order valence-corrected chi connectivity index (χ2v) is 8.03. The van der Waals surface area contributed by atoms with E-state index in [0.717, 1.165) is 35.3 Å². The fraction of sp³-hybridized carbons (Fsp3) is 0.381. The van der Waals surface area contributed by atoms with E-state index in [4.69, 9.17) is 4.98 Å². The van der Waals surface area contributed by atoms with Crippen LogP contribution in [-0.2, 0) is 0 Å². The monoisotopic (exact) mass is 379 g/mol. The van der Waals surface area contributed by atoms with Crippen molar-refractivity contribution in [3.63, 3.8) is 0 Å². The largest absolute Gasteiger partial charge is 0.508 e. The number of aryl methyl sites for hydroxylation is 2. The fourth-order valence-corrected chi connectivity index (χ4v) is 3.93. The lowest BCUT2D eigenvalue weighted by molar-refractivity contribution is 0.0479. The van der Waals surface area contributed by atoms with Gasteiger partial charge in [0.25, 0.3) is 5.91 Å². The number of carbonyl (C=O) groups is 1. The molecule has 28 heavy (non-hydrogen) atoms. The molecule has 0 bridgehead atoms. The highest BCUT2D eigenvalue weighted by Gasteiger charge is 2.35. The van der Waals surface area contributed by atoms with Crippen LogP contribution in [0.3, 0.4) is 0 Å². The minimum Gasteiger partial charge on any atom is -0.508 e. The summed E-state index contributed by atoms with van der Waals surface area (Å²) in [5.41, 5.74) is 4.13. The number of hydrogen-bond donors (Lipinski definition) is 3. The minimum absolute atomic E-state index is 0.0129. The van der Waals surface area contributed by atoms with Gasteiger partial charge in [0.2, 0.25) is 0 Å². The lowest BCUT2D eigenvalue weighted by Gasteiger charge is -2.43. The number of nitrogens with one attached hydrogen (secondary N) is 2. The molecular weight excluding hydrogens is 354 g/mol. The zero-order valence-corrected chi connectivity index (χ0v) is 16.6. The molecule has 0 aliphatic carbocycles. The van der Waals surface area contributed by atoms with Crippen LogP contribution < -0.4 is 5.32 Å². The minimum atomic E-state index is -0.281. The van der Waals surface area contributed by atoms with Gasteiger partial charge in [0.1, 0.15) is 5.75 Å². The number of rotatable bonds is 2. The molecule has 0 atom stereocenters. The second-order valence-electron chi connectivity index (χ2n) is 8.03. The Morgan fingerprint density at radius 2 is 2.04 bits per heavy atom. The van der Waals surface area contributed by atoms with Crippen molar-refractivity contribution in [2.45, 2.75) is 33.2 Å². The van der Waals surface area contributed by atoms with E-state index in [1.807, 2.05) is 30.9 Å². The van der Waals surface area contributed by atoms with E-state index in [0.29, 0.717) is 23.4 Å². The van der Waals surface area contributed by atoms with Gasteiger partial charge in [-0.3, -0.25) is 9.89 Å². The predicted molar refractivity (Wildman–Crippen MR) is 108 cm³/mol. The third kappa shape index (κ3) is 3.01. The Bertz CT molecular complexity index is 1070. The van der Waals surface area contributed by atoms with Crippen molar-refractivity contribution in [2.75, 3.05) is 19.6 Å². The Hall–Kier alpha value is -2.93. The fourth-order valence-electron chi connectivity index (χ4n) is 3.93. The number of pyridine rings is 1. The Balaban J connectivity index is 1.89. The number of nitrogens with zero attached hydrogens (tertiary/aromatic N) is 3. The summed E-state index contributed by atoms with van der Waals surface area (Å²) in [5, 5.41) is 21.1. The van der Waals surface area contributed by atoms with Gasteiger partial charge in [-0.2, -0.15) is 5.10 Å². The molecule has 0 saturated carbocycles. The molecule has 0 radical (unpaired) electrons. The Morgan fingerprint density at radius 3 is 2.75 bits per heavy atom. The van der Waals surface area contributed by atoms with Gasteiger partial charge in [-0.1, -0.05) is 0 Å². The molecule has 0 spiro atoms. The number of phenols is 1. The van der Waals surface area contributed by atoms with Crippen molar-refractivity contribution >= 4 is 16.9 Å². The molecule has 1 saturated heterocycles. The topological polar surface area (TPSA) is 94.1 Å². The summed E-state index contributed by atoms with van der Waals surface area (Å²) in [6, 6.07) is 7.00. The summed E-state index contributed by atoms with van der Waals surface area (Å²) in [6.07, 6.45) is 0. The number of aromatic amines is 1. The summed E-state index contributed by atoms with van der Waals surface area (Å²) >= 11 is 0. The number of piperazine rings is 1. The molecule has 0 unspecified atom stereocenters. The number of amides is 1. The first kappa shape index (κ1) is 18.4. The van der Waals surface area contributed by atoms with Crippen LogP contribution in [0.1, 0.15) is 35.5 Å². The summed E-state index contributed by atoms with van der Waals surface area (Å²) in [7, 11) is 0. The van der Waals surface area contributed by atoms with Gasteiger partial charge in [0.15, 0.2) is 5.65 Å². The van der Waals surface area contributed by atoms with Crippen LogP contribution in [0.25, 0.3) is 22.3 Å². The Kier molecular flexibility index (Phi) is 4.34. The summed E-state index contributed by atoms with van der Waals surface area (Å²) < 4.78 is 0. The van der Waals surface area contributed by atoms with E-state index in [2.05, 4.69) is 29.4 Å². The van der Waals surface area contributed by atoms with Crippen molar-refractivity contribution < 1.29 is 9.90 Å².